The van der Waals surface area contributed by atoms with Crippen LogP contribution in [-0.4, -0.2) is 36.9 Å². The number of nitrogens with zero attached hydrogens (tertiary/aromatic N) is 1. The summed E-state index contributed by atoms with van der Waals surface area (Å²) in [5.41, 5.74) is 0.638. The van der Waals surface area contributed by atoms with Gasteiger partial charge in [-0.1, -0.05) is 0 Å². The Kier molecular flexibility index (Phi) is 5.13. The molecule has 0 saturated heterocycles. The van der Waals surface area contributed by atoms with Gasteiger partial charge in [0.1, 0.15) is 0 Å². The number of pyridine rings is 1. The molecular weight excluding hydrogens is 320 g/mol. The van der Waals surface area contributed by atoms with E-state index in [9.17, 15) is 13.6 Å². The van der Waals surface area contributed by atoms with Crippen LogP contribution < -0.4 is 15.4 Å². The molecule has 1 heterocycles. The van der Waals surface area contributed by atoms with Crippen molar-refractivity contribution in [2.75, 3.05) is 7.11 Å². The molecule has 2 amide bonds. The lowest BCUT2D eigenvalue weighted by atomic mass is 9.74. The number of methoxy groups -OCH3 is 1. The minimum absolute atomic E-state index is 0.129. The number of aromatic nitrogens is 1. The fraction of sp³-hybridized carbons (Fsp3) is 0.625. The van der Waals surface area contributed by atoms with Crippen molar-refractivity contribution in [2.24, 2.45) is 11.8 Å². The number of rotatable bonds is 6. The first-order chi connectivity index (χ1) is 11.6. The van der Waals surface area contributed by atoms with Crippen LogP contribution in [0.25, 0.3) is 0 Å². The van der Waals surface area contributed by atoms with Crippen molar-refractivity contribution in [1.29, 1.82) is 0 Å². The zero-order valence-corrected chi connectivity index (χ0v) is 13.4. The van der Waals surface area contributed by atoms with E-state index in [1.165, 1.54) is 12.3 Å². The predicted octanol–water partition coefficient (Wildman–Crippen LogP) is 2.30. The number of carbonyl (C=O) groups excluding carboxylic acids is 1. The van der Waals surface area contributed by atoms with Gasteiger partial charge >= 0.3 is 12.6 Å². The number of hydrogen-bond donors (Lipinski definition) is 2. The zero-order valence-electron chi connectivity index (χ0n) is 13.4. The molecule has 24 heavy (non-hydrogen) atoms. The molecule has 0 radical (unpaired) electrons. The highest BCUT2D eigenvalue weighted by Gasteiger charge is 2.49. The number of urea groups is 1. The van der Waals surface area contributed by atoms with Crippen LogP contribution in [0.1, 0.15) is 24.8 Å². The summed E-state index contributed by atoms with van der Waals surface area (Å²) >= 11 is 0. The van der Waals surface area contributed by atoms with Gasteiger partial charge in [0.15, 0.2) is 0 Å². The van der Waals surface area contributed by atoms with Crippen molar-refractivity contribution in [3.05, 3.63) is 23.9 Å². The lowest BCUT2D eigenvalue weighted by Gasteiger charge is -2.35. The Balaban J connectivity index is 1.48. The van der Waals surface area contributed by atoms with Crippen molar-refractivity contribution in [3.8, 4) is 5.88 Å². The van der Waals surface area contributed by atoms with Gasteiger partial charge in [-0.3, -0.25) is 0 Å². The largest absolute Gasteiger partial charge is 0.417 e. The van der Waals surface area contributed by atoms with E-state index < -0.39 is 6.61 Å². The topological polar surface area (TPSA) is 72.5 Å². The number of fused-ring (bicyclic) bond motifs is 1. The number of ether oxygens (including phenoxy) is 2. The predicted molar refractivity (Wildman–Crippen MR) is 81.7 cm³/mol. The molecule has 2 N–H and O–H groups in total. The summed E-state index contributed by atoms with van der Waals surface area (Å²) in [6.07, 6.45) is 4.71. The molecule has 3 rings (SSSR count). The number of hydrogen-bond acceptors (Lipinski definition) is 4. The van der Waals surface area contributed by atoms with Crippen molar-refractivity contribution in [1.82, 2.24) is 15.6 Å². The van der Waals surface area contributed by atoms with Crippen LogP contribution in [0.3, 0.4) is 0 Å². The summed E-state index contributed by atoms with van der Waals surface area (Å²) < 4.78 is 34.1. The SMILES string of the molecule is COC1CC(NC(=O)NCc2ccnc(OC(F)F)c2)C2CCC12. The Morgan fingerprint density at radius 1 is 1.42 bits per heavy atom. The second-order valence-electron chi connectivity index (χ2n) is 6.23. The summed E-state index contributed by atoms with van der Waals surface area (Å²) in [5.74, 6) is 0.878. The Morgan fingerprint density at radius 3 is 2.83 bits per heavy atom. The first-order valence-electron chi connectivity index (χ1n) is 8.03. The van der Waals surface area contributed by atoms with Gasteiger partial charge in [-0.05, 0) is 42.7 Å². The maximum Gasteiger partial charge on any atom is 0.388 e. The van der Waals surface area contributed by atoms with Crippen molar-refractivity contribution in [2.45, 2.75) is 44.6 Å². The van der Waals surface area contributed by atoms with E-state index in [2.05, 4.69) is 20.4 Å². The lowest BCUT2D eigenvalue weighted by Crippen LogP contribution is -2.46. The van der Waals surface area contributed by atoms with Crippen molar-refractivity contribution in [3.63, 3.8) is 0 Å². The van der Waals surface area contributed by atoms with Crippen LogP contribution in [0.4, 0.5) is 13.6 Å². The fourth-order valence-corrected chi connectivity index (χ4v) is 3.67. The van der Waals surface area contributed by atoms with Crippen LogP contribution in [0.15, 0.2) is 18.3 Å². The molecule has 0 spiro atoms. The van der Waals surface area contributed by atoms with Gasteiger partial charge < -0.3 is 20.1 Å². The monoisotopic (exact) mass is 341 g/mol. The minimum Gasteiger partial charge on any atom is -0.417 e. The van der Waals surface area contributed by atoms with Gasteiger partial charge in [0, 0.05) is 32.0 Å². The molecule has 2 aliphatic carbocycles. The molecule has 1 aromatic rings. The second kappa shape index (κ2) is 7.29. The van der Waals surface area contributed by atoms with E-state index in [-0.39, 0.29) is 30.6 Å². The molecule has 4 atom stereocenters. The number of halogens is 2. The molecule has 6 nitrogen and oxygen atoms in total. The van der Waals surface area contributed by atoms with Gasteiger partial charge in [0.2, 0.25) is 5.88 Å². The Morgan fingerprint density at radius 2 is 2.21 bits per heavy atom. The number of amides is 2. The Hall–Kier alpha value is -1.96. The summed E-state index contributed by atoms with van der Waals surface area (Å²) in [7, 11) is 1.71. The van der Waals surface area contributed by atoms with Crippen molar-refractivity contribution >= 4 is 6.03 Å². The summed E-state index contributed by atoms with van der Waals surface area (Å²) in [6, 6.07) is 2.88. The third kappa shape index (κ3) is 3.75. The highest BCUT2D eigenvalue weighted by Crippen LogP contribution is 2.48. The standard InChI is InChI=1S/C16H21F2N3O3/c1-23-13-7-12(10-2-3-11(10)13)21-16(22)20-8-9-4-5-19-14(6-9)24-15(17)18/h4-6,10-13,15H,2-3,7-8H2,1H3,(H2,20,21,22). The van der Waals surface area contributed by atoms with Crippen LogP contribution in [0.2, 0.25) is 0 Å². The molecule has 0 aliphatic heterocycles. The van der Waals surface area contributed by atoms with Gasteiger partial charge in [-0.25, -0.2) is 9.78 Å². The molecule has 2 aliphatic rings. The first-order valence-corrected chi connectivity index (χ1v) is 8.03. The van der Waals surface area contributed by atoms with E-state index >= 15 is 0 Å². The number of carbonyl (C=O) groups is 1. The van der Waals surface area contributed by atoms with E-state index in [1.54, 1.807) is 13.2 Å². The molecule has 1 aromatic heterocycles. The van der Waals surface area contributed by atoms with Crippen LogP contribution in [-0.2, 0) is 11.3 Å². The van der Waals surface area contributed by atoms with Crippen LogP contribution >= 0.6 is 0 Å². The highest BCUT2D eigenvalue weighted by molar-refractivity contribution is 5.74. The number of nitrogens with one attached hydrogen (secondary N) is 2. The third-order valence-electron chi connectivity index (χ3n) is 4.95. The second-order valence-corrected chi connectivity index (χ2v) is 6.23. The lowest BCUT2D eigenvalue weighted by molar-refractivity contribution is -0.0529. The molecule has 2 saturated carbocycles. The van der Waals surface area contributed by atoms with Crippen molar-refractivity contribution < 1.29 is 23.0 Å². The maximum absolute atomic E-state index is 12.2. The quantitative estimate of drug-likeness (QED) is 0.833. The molecule has 2 fully saturated rings. The fourth-order valence-electron chi connectivity index (χ4n) is 3.67. The molecule has 0 aromatic carbocycles. The van der Waals surface area contributed by atoms with E-state index in [1.807, 2.05) is 0 Å². The van der Waals surface area contributed by atoms with Gasteiger partial charge in [0.25, 0.3) is 0 Å². The summed E-state index contributed by atoms with van der Waals surface area (Å²) in [4.78, 5) is 15.8. The maximum atomic E-state index is 12.2. The van der Waals surface area contributed by atoms with Gasteiger partial charge in [0.05, 0.1) is 6.10 Å². The zero-order chi connectivity index (χ0) is 17.1. The molecular formula is C16H21F2N3O3. The molecule has 132 valence electrons. The van der Waals surface area contributed by atoms with Gasteiger partial charge in [-0.15, -0.1) is 0 Å². The molecule has 8 heteroatoms. The number of alkyl halides is 2. The first kappa shape index (κ1) is 16.9. The van der Waals surface area contributed by atoms with E-state index in [0.29, 0.717) is 17.4 Å². The van der Waals surface area contributed by atoms with Crippen LogP contribution in [0.5, 0.6) is 5.88 Å². The van der Waals surface area contributed by atoms with E-state index in [4.69, 9.17) is 4.74 Å². The Bertz CT molecular complexity index is 585. The third-order valence-corrected chi connectivity index (χ3v) is 4.95. The molecule has 0 bridgehead atoms. The van der Waals surface area contributed by atoms with Gasteiger partial charge in [-0.2, -0.15) is 8.78 Å². The van der Waals surface area contributed by atoms with Crippen LogP contribution in [0, 0.1) is 11.8 Å². The minimum atomic E-state index is -2.92. The van der Waals surface area contributed by atoms with E-state index in [0.717, 1.165) is 19.3 Å². The molecule has 4 unspecified atom stereocenters. The average Bonchev–Trinajstić information content (AvgIpc) is 2.74. The smallest absolute Gasteiger partial charge is 0.388 e. The summed E-state index contributed by atoms with van der Waals surface area (Å²) in [5, 5.41) is 5.73. The highest BCUT2D eigenvalue weighted by atomic mass is 19.3. The Labute approximate surface area is 138 Å². The summed E-state index contributed by atoms with van der Waals surface area (Å²) in [6.45, 7) is -2.71. The normalized spacial score (nSPS) is 28.2. The average molecular weight is 341 g/mol.